The van der Waals surface area contributed by atoms with E-state index in [0.717, 1.165) is 11.4 Å². The number of ether oxygens (including phenoxy) is 1. The van der Waals surface area contributed by atoms with Crippen LogP contribution in [0.2, 0.25) is 5.02 Å². The maximum atomic E-state index is 12.7. The summed E-state index contributed by atoms with van der Waals surface area (Å²) in [5, 5.41) is 10.1. The molecule has 1 heterocycles. The van der Waals surface area contributed by atoms with Gasteiger partial charge in [-0.15, -0.1) is 10.2 Å². The average molecular weight is 492 g/mol. The van der Waals surface area contributed by atoms with Crippen LogP contribution < -0.4 is 4.74 Å². The number of para-hydroxylation sites is 1. The number of carbonyl (C=O) groups is 1. The van der Waals surface area contributed by atoms with Gasteiger partial charge < -0.3 is 4.74 Å². The van der Waals surface area contributed by atoms with E-state index in [1.165, 1.54) is 17.3 Å². The van der Waals surface area contributed by atoms with E-state index in [1.807, 2.05) is 54.0 Å². The van der Waals surface area contributed by atoms with E-state index < -0.39 is 0 Å². The molecule has 0 fully saturated rings. The van der Waals surface area contributed by atoms with E-state index in [1.54, 1.807) is 24.3 Å². The van der Waals surface area contributed by atoms with Crippen molar-refractivity contribution in [2.45, 2.75) is 37.9 Å². The van der Waals surface area contributed by atoms with Gasteiger partial charge in [0.15, 0.2) is 22.9 Å². The van der Waals surface area contributed by atoms with E-state index in [-0.39, 0.29) is 17.6 Å². The molecular formula is C27H26ClN3O2S. The standard InChI is InChI=1S/C27H26ClN3O2S/c1-18(2)20-11-15-24(16-12-20)33-19(3)26-29-30-27(31(26)23-7-5-4-6-8-23)34-17-25(32)21-9-13-22(28)14-10-21/h4-16,18-19H,17H2,1-3H3. The lowest BCUT2D eigenvalue weighted by Gasteiger charge is -2.17. The molecule has 7 heteroatoms. The number of carbonyl (C=O) groups excluding carboxylic acids is 1. The number of Topliss-reactive ketones (excluding diaryl/α,β-unsaturated/α-hetero) is 1. The van der Waals surface area contributed by atoms with Crippen LogP contribution in [-0.2, 0) is 0 Å². The van der Waals surface area contributed by atoms with Gasteiger partial charge in [0.1, 0.15) is 5.75 Å². The second kappa shape index (κ2) is 10.9. The summed E-state index contributed by atoms with van der Waals surface area (Å²) in [7, 11) is 0. The van der Waals surface area contributed by atoms with Gasteiger partial charge in [0.25, 0.3) is 0 Å². The normalized spacial score (nSPS) is 12.0. The number of ketones is 1. The van der Waals surface area contributed by atoms with Gasteiger partial charge in [-0.1, -0.05) is 67.5 Å². The molecule has 1 atom stereocenters. The molecule has 0 aliphatic rings. The summed E-state index contributed by atoms with van der Waals surface area (Å²) in [4.78, 5) is 12.7. The van der Waals surface area contributed by atoms with Gasteiger partial charge in [0.05, 0.1) is 5.75 Å². The summed E-state index contributed by atoms with van der Waals surface area (Å²) in [5.41, 5.74) is 2.79. The largest absolute Gasteiger partial charge is 0.483 e. The smallest absolute Gasteiger partial charge is 0.196 e. The Labute approximate surface area is 209 Å². The minimum Gasteiger partial charge on any atom is -0.483 e. The average Bonchev–Trinajstić information content (AvgIpc) is 3.28. The summed E-state index contributed by atoms with van der Waals surface area (Å²) in [5.74, 6) is 2.13. The molecule has 0 radical (unpaired) electrons. The van der Waals surface area contributed by atoms with Crippen LogP contribution in [0.5, 0.6) is 5.75 Å². The first-order chi connectivity index (χ1) is 16.4. The van der Waals surface area contributed by atoms with Crippen LogP contribution in [0.25, 0.3) is 5.69 Å². The SMILES string of the molecule is CC(C)c1ccc(OC(C)c2nnc(SCC(=O)c3ccc(Cl)cc3)n2-c2ccccc2)cc1. The van der Waals surface area contributed by atoms with Crippen molar-refractivity contribution >= 4 is 29.1 Å². The highest BCUT2D eigenvalue weighted by atomic mass is 35.5. The van der Waals surface area contributed by atoms with Gasteiger partial charge in [0, 0.05) is 16.3 Å². The van der Waals surface area contributed by atoms with Gasteiger partial charge >= 0.3 is 0 Å². The summed E-state index contributed by atoms with van der Waals surface area (Å²) < 4.78 is 8.16. The zero-order valence-corrected chi connectivity index (χ0v) is 20.9. The van der Waals surface area contributed by atoms with E-state index in [0.29, 0.717) is 27.5 Å². The molecule has 174 valence electrons. The highest BCUT2D eigenvalue weighted by Gasteiger charge is 2.22. The quantitative estimate of drug-likeness (QED) is 0.183. The molecule has 1 unspecified atom stereocenters. The number of nitrogens with zero attached hydrogens (tertiary/aromatic N) is 3. The van der Waals surface area contributed by atoms with Gasteiger partial charge in [-0.05, 0) is 66.9 Å². The molecular weight excluding hydrogens is 466 g/mol. The predicted octanol–water partition coefficient (Wildman–Crippen LogP) is 7.16. The number of aromatic nitrogens is 3. The van der Waals surface area contributed by atoms with Gasteiger partial charge in [-0.2, -0.15) is 0 Å². The number of benzene rings is 3. The van der Waals surface area contributed by atoms with Crippen LogP contribution in [0.4, 0.5) is 0 Å². The van der Waals surface area contributed by atoms with Crippen molar-refractivity contribution in [1.29, 1.82) is 0 Å². The van der Waals surface area contributed by atoms with E-state index in [4.69, 9.17) is 16.3 Å². The third-order valence-electron chi connectivity index (χ3n) is 5.39. The molecule has 3 aromatic carbocycles. The Hall–Kier alpha value is -3.09. The molecule has 1 aromatic heterocycles. The van der Waals surface area contributed by atoms with Crippen molar-refractivity contribution in [3.05, 3.63) is 101 Å². The first-order valence-corrected chi connectivity index (χ1v) is 12.5. The van der Waals surface area contributed by atoms with Crippen LogP contribution in [0, 0.1) is 0 Å². The zero-order valence-electron chi connectivity index (χ0n) is 19.3. The molecule has 0 amide bonds. The van der Waals surface area contributed by atoms with Crippen molar-refractivity contribution in [2.75, 3.05) is 5.75 Å². The summed E-state index contributed by atoms with van der Waals surface area (Å²) in [6.45, 7) is 6.28. The number of hydrogen-bond acceptors (Lipinski definition) is 5. The maximum absolute atomic E-state index is 12.7. The Morgan fingerprint density at radius 1 is 0.941 bits per heavy atom. The number of thioether (sulfide) groups is 1. The van der Waals surface area contributed by atoms with Gasteiger partial charge in [0.2, 0.25) is 0 Å². The second-order valence-corrected chi connectivity index (χ2v) is 9.59. The number of halogens is 1. The van der Waals surface area contributed by atoms with Crippen molar-refractivity contribution in [3.63, 3.8) is 0 Å². The van der Waals surface area contributed by atoms with Crippen LogP contribution in [-0.4, -0.2) is 26.3 Å². The Balaban J connectivity index is 1.56. The van der Waals surface area contributed by atoms with Crippen LogP contribution in [0.15, 0.2) is 84.0 Å². The lowest BCUT2D eigenvalue weighted by Crippen LogP contribution is -2.12. The van der Waals surface area contributed by atoms with Crippen molar-refractivity contribution in [1.82, 2.24) is 14.8 Å². The Morgan fingerprint density at radius 2 is 1.62 bits per heavy atom. The topological polar surface area (TPSA) is 57.0 Å². The van der Waals surface area contributed by atoms with E-state index in [2.05, 4.69) is 36.2 Å². The molecule has 0 aliphatic carbocycles. The summed E-state index contributed by atoms with van der Waals surface area (Å²) >= 11 is 7.29. The predicted molar refractivity (Wildman–Crippen MR) is 137 cm³/mol. The lowest BCUT2D eigenvalue weighted by atomic mass is 10.0. The molecule has 0 aliphatic heterocycles. The highest BCUT2D eigenvalue weighted by Crippen LogP contribution is 2.29. The van der Waals surface area contributed by atoms with Crippen LogP contribution in [0.1, 0.15) is 54.5 Å². The molecule has 0 N–H and O–H groups in total. The monoisotopic (exact) mass is 491 g/mol. The lowest BCUT2D eigenvalue weighted by molar-refractivity contribution is 0.102. The Morgan fingerprint density at radius 3 is 2.26 bits per heavy atom. The molecule has 0 saturated heterocycles. The number of hydrogen-bond donors (Lipinski definition) is 0. The zero-order chi connectivity index (χ0) is 24.1. The third kappa shape index (κ3) is 5.69. The van der Waals surface area contributed by atoms with Crippen LogP contribution in [0.3, 0.4) is 0 Å². The Bertz CT molecular complexity index is 1240. The van der Waals surface area contributed by atoms with E-state index in [9.17, 15) is 4.79 Å². The molecule has 34 heavy (non-hydrogen) atoms. The van der Waals surface area contributed by atoms with Crippen molar-refractivity contribution < 1.29 is 9.53 Å². The second-order valence-electron chi connectivity index (χ2n) is 8.21. The minimum absolute atomic E-state index is 0.000342. The minimum atomic E-state index is -0.348. The van der Waals surface area contributed by atoms with Crippen molar-refractivity contribution in [3.8, 4) is 11.4 Å². The molecule has 0 saturated carbocycles. The fraction of sp³-hybridized carbons (Fsp3) is 0.222. The fourth-order valence-electron chi connectivity index (χ4n) is 3.50. The van der Waals surface area contributed by atoms with Gasteiger partial charge in [-0.3, -0.25) is 9.36 Å². The first kappa shape index (κ1) is 24.0. The highest BCUT2D eigenvalue weighted by molar-refractivity contribution is 7.99. The third-order valence-corrected chi connectivity index (χ3v) is 6.58. The molecule has 0 bridgehead atoms. The summed E-state index contributed by atoms with van der Waals surface area (Å²) in [6, 6.07) is 24.9. The number of rotatable bonds is 9. The Kier molecular flexibility index (Phi) is 7.70. The molecule has 4 aromatic rings. The molecule has 4 rings (SSSR count). The maximum Gasteiger partial charge on any atom is 0.196 e. The fourth-order valence-corrected chi connectivity index (χ4v) is 4.47. The van der Waals surface area contributed by atoms with Crippen LogP contribution >= 0.6 is 23.4 Å². The van der Waals surface area contributed by atoms with Gasteiger partial charge in [-0.25, -0.2) is 0 Å². The molecule has 5 nitrogen and oxygen atoms in total. The summed E-state index contributed by atoms with van der Waals surface area (Å²) in [6.07, 6.45) is -0.348. The van der Waals surface area contributed by atoms with E-state index >= 15 is 0 Å². The van der Waals surface area contributed by atoms with Crippen molar-refractivity contribution in [2.24, 2.45) is 0 Å². The first-order valence-electron chi connectivity index (χ1n) is 11.1. The molecule has 0 spiro atoms.